The molecular formula is C25H21ClN4O3S. The molecule has 1 aliphatic rings. The summed E-state index contributed by atoms with van der Waals surface area (Å²) in [4.78, 5) is 20.5. The van der Waals surface area contributed by atoms with Gasteiger partial charge in [0, 0.05) is 10.7 Å². The van der Waals surface area contributed by atoms with Gasteiger partial charge in [-0.15, -0.1) is 11.3 Å². The Morgan fingerprint density at radius 1 is 1.15 bits per heavy atom. The van der Waals surface area contributed by atoms with E-state index in [1.807, 2.05) is 67.8 Å². The second-order valence-corrected chi connectivity index (χ2v) is 8.98. The molecule has 1 N–H and O–H groups in total. The van der Waals surface area contributed by atoms with Crippen LogP contribution in [0.4, 0.5) is 10.5 Å². The number of urea groups is 1. The Labute approximate surface area is 205 Å². The Morgan fingerprint density at radius 2 is 1.91 bits per heavy atom. The van der Waals surface area contributed by atoms with Crippen molar-refractivity contribution in [3.05, 3.63) is 88.2 Å². The minimum atomic E-state index is -0.486. The molecule has 0 spiro atoms. The molecule has 172 valence electrons. The average Bonchev–Trinajstić information content (AvgIpc) is 3.53. The van der Waals surface area contributed by atoms with Gasteiger partial charge < -0.3 is 14.6 Å². The molecule has 4 aromatic rings. The molecule has 1 atom stereocenters. The number of allylic oxidation sites excluding steroid dienone is 1. The number of carbonyl (C=O) groups excluding carboxylic acids is 1. The molecule has 2 aromatic heterocycles. The molecule has 0 aliphatic carbocycles. The highest BCUT2D eigenvalue weighted by Gasteiger charge is 2.36. The fourth-order valence-corrected chi connectivity index (χ4v) is 4.71. The van der Waals surface area contributed by atoms with E-state index >= 15 is 0 Å². The zero-order chi connectivity index (χ0) is 23.7. The van der Waals surface area contributed by atoms with Crippen molar-refractivity contribution in [1.82, 2.24) is 15.5 Å². The first kappa shape index (κ1) is 22.2. The summed E-state index contributed by atoms with van der Waals surface area (Å²) in [6, 6.07) is 17.8. The van der Waals surface area contributed by atoms with Gasteiger partial charge in [0.15, 0.2) is 0 Å². The van der Waals surface area contributed by atoms with Crippen LogP contribution in [0.1, 0.15) is 31.3 Å². The number of nitrogens with one attached hydrogen (secondary N) is 1. The molecule has 0 bridgehead atoms. The van der Waals surface area contributed by atoms with E-state index in [1.165, 1.54) is 11.3 Å². The van der Waals surface area contributed by atoms with Crippen LogP contribution >= 0.6 is 22.9 Å². The highest BCUT2D eigenvalue weighted by Crippen LogP contribution is 2.39. The predicted molar refractivity (Wildman–Crippen MR) is 133 cm³/mol. The van der Waals surface area contributed by atoms with Gasteiger partial charge in [0.1, 0.15) is 5.75 Å². The lowest BCUT2D eigenvalue weighted by Crippen LogP contribution is -2.46. The van der Waals surface area contributed by atoms with Gasteiger partial charge in [-0.1, -0.05) is 35.0 Å². The van der Waals surface area contributed by atoms with E-state index in [2.05, 4.69) is 15.5 Å². The van der Waals surface area contributed by atoms with Crippen LogP contribution in [-0.2, 0) is 0 Å². The Balaban J connectivity index is 1.62. The number of hydrogen-bond donors (Lipinski definition) is 1. The van der Waals surface area contributed by atoms with Crippen LogP contribution in [0.25, 0.3) is 16.3 Å². The van der Waals surface area contributed by atoms with E-state index in [4.69, 9.17) is 20.9 Å². The first-order valence-corrected chi connectivity index (χ1v) is 12.0. The molecule has 0 radical (unpaired) electrons. The van der Waals surface area contributed by atoms with Gasteiger partial charge in [-0.3, -0.25) is 4.90 Å². The standard InChI is InChI=1S/C25H21ClN4O3S/c1-3-32-19-12-10-18(11-13-19)30-15(2)21(24-28-23(29-33-24)20-5-4-14-34-20)22(27-25(30)31)16-6-8-17(26)9-7-16/h4-14,22H,3H2,1-2H3,(H,27,31). The summed E-state index contributed by atoms with van der Waals surface area (Å²) >= 11 is 7.63. The Bertz CT molecular complexity index is 1330. The number of halogens is 1. The van der Waals surface area contributed by atoms with E-state index in [1.54, 1.807) is 17.0 Å². The van der Waals surface area contributed by atoms with Crippen LogP contribution < -0.4 is 15.0 Å². The zero-order valence-corrected chi connectivity index (χ0v) is 20.1. The van der Waals surface area contributed by atoms with Crippen molar-refractivity contribution in [2.75, 3.05) is 11.5 Å². The largest absolute Gasteiger partial charge is 0.494 e. The fourth-order valence-electron chi connectivity index (χ4n) is 3.93. The minimum absolute atomic E-state index is 0.261. The van der Waals surface area contributed by atoms with Crippen molar-refractivity contribution < 1.29 is 14.1 Å². The molecule has 5 rings (SSSR count). The molecule has 9 heteroatoms. The smallest absolute Gasteiger partial charge is 0.326 e. The SMILES string of the molecule is CCOc1ccc(N2C(=O)NC(c3ccc(Cl)cc3)C(c3nc(-c4cccs4)no3)=C2C)cc1. The second-order valence-electron chi connectivity index (χ2n) is 7.60. The Kier molecular flexibility index (Phi) is 6.08. The van der Waals surface area contributed by atoms with Gasteiger partial charge in [-0.2, -0.15) is 4.98 Å². The third-order valence-electron chi connectivity index (χ3n) is 5.49. The van der Waals surface area contributed by atoms with Gasteiger partial charge in [-0.05, 0) is 67.3 Å². The molecular weight excluding hydrogens is 472 g/mol. The maximum Gasteiger partial charge on any atom is 0.326 e. The lowest BCUT2D eigenvalue weighted by molar-refractivity contribution is 0.244. The quantitative estimate of drug-likeness (QED) is 0.330. The summed E-state index contributed by atoms with van der Waals surface area (Å²) in [6.07, 6.45) is 0. The molecule has 1 unspecified atom stereocenters. The van der Waals surface area contributed by atoms with E-state index in [-0.39, 0.29) is 6.03 Å². The minimum Gasteiger partial charge on any atom is -0.494 e. The summed E-state index contributed by atoms with van der Waals surface area (Å²) in [5.41, 5.74) is 2.96. The molecule has 0 saturated heterocycles. The number of aromatic nitrogens is 2. The van der Waals surface area contributed by atoms with Gasteiger partial charge in [0.25, 0.3) is 5.89 Å². The van der Waals surface area contributed by atoms with Crippen molar-refractivity contribution in [3.63, 3.8) is 0 Å². The van der Waals surface area contributed by atoms with Crippen LogP contribution in [0.5, 0.6) is 5.75 Å². The maximum absolute atomic E-state index is 13.3. The zero-order valence-electron chi connectivity index (χ0n) is 18.5. The van der Waals surface area contributed by atoms with Gasteiger partial charge in [0.05, 0.1) is 28.8 Å². The Hall–Kier alpha value is -3.62. The molecule has 2 amide bonds. The Morgan fingerprint density at radius 3 is 2.59 bits per heavy atom. The van der Waals surface area contributed by atoms with Crippen LogP contribution in [0.3, 0.4) is 0 Å². The van der Waals surface area contributed by atoms with Crippen LogP contribution in [0, 0.1) is 0 Å². The van der Waals surface area contributed by atoms with Crippen molar-refractivity contribution >= 4 is 40.2 Å². The van der Waals surface area contributed by atoms with E-state index in [9.17, 15) is 4.79 Å². The molecule has 7 nitrogen and oxygen atoms in total. The van der Waals surface area contributed by atoms with Crippen molar-refractivity contribution in [2.24, 2.45) is 0 Å². The monoisotopic (exact) mass is 492 g/mol. The number of thiophene rings is 1. The van der Waals surface area contributed by atoms with Crippen molar-refractivity contribution in [2.45, 2.75) is 19.9 Å². The highest BCUT2D eigenvalue weighted by atomic mass is 35.5. The number of ether oxygens (including phenoxy) is 1. The van der Waals surface area contributed by atoms with Crippen LogP contribution in [-0.4, -0.2) is 22.8 Å². The molecule has 0 saturated carbocycles. The number of hydrogen-bond acceptors (Lipinski definition) is 6. The summed E-state index contributed by atoms with van der Waals surface area (Å²) in [5, 5.41) is 9.85. The second kappa shape index (κ2) is 9.32. The van der Waals surface area contributed by atoms with Crippen molar-refractivity contribution in [3.8, 4) is 16.5 Å². The van der Waals surface area contributed by atoms with E-state index in [0.29, 0.717) is 40.3 Å². The van der Waals surface area contributed by atoms with Gasteiger partial charge in [-0.25, -0.2) is 4.79 Å². The summed E-state index contributed by atoms with van der Waals surface area (Å²) in [7, 11) is 0. The first-order chi connectivity index (χ1) is 16.5. The number of benzene rings is 2. The van der Waals surface area contributed by atoms with E-state index in [0.717, 1.165) is 16.2 Å². The number of anilines is 1. The molecule has 34 heavy (non-hydrogen) atoms. The highest BCUT2D eigenvalue weighted by molar-refractivity contribution is 7.13. The van der Waals surface area contributed by atoms with E-state index < -0.39 is 6.04 Å². The molecule has 2 aromatic carbocycles. The third kappa shape index (κ3) is 4.18. The lowest BCUT2D eigenvalue weighted by Gasteiger charge is -2.35. The third-order valence-corrected chi connectivity index (χ3v) is 6.61. The summed E-state index contributed by atoms with van der Waals surface area (Å²) in [6.45, 7) is 4.37. The van der Waals surface area contributed by atoms with Crippen LogP contribution in [0.15, 0.2) is 76.3 Å². The molecule has 1 aliphatic heterocycles. The average molecular weight is 493 g/mol. The lowest BCUT2D eigenvalue weighted by atomic mass is 9.94. The topological polar surface area (TPSA) is 80.5 Å². The number of nitrogens with zero attached hydrogens (tertiary/aromatic N) is 3. The molecule has 0 fully saturated rings. The number of carbonyl (C=O) groups is 1. The number of rotatable bonds is 6. The summed E-state index contributed by atoms with van der Waals surface area (Å²) in [5.74, 6) is 1.59. The van der Waals surface area contributed by atoms with Gasteiger partial charge in [0.2, 0.25) is 5.82 Å². The van der Waals surface area contributed by atoms with Crippen molar-refractivity contribution in [1.29, 1.82) is 0 Å². The maximum atomic E-state index is 13.3. The van der Waals surface area contributed by atoms with Crippen LogP contribution in [0.2, 0.25) is 5.02 Å². The first-order valence-electron chi connectivity index (χ1n) is 10.7. The number of amides is 2. The van der Waals surface area contributed by atoms with Gasteiger partial charge >= 0.3 is 6.03 Å². The summed E-state index contributed by atoms with van der Waals surface area (Å²) < 4.78 is 11.2. The normalized spacial score (nSPS) is 16.0. The fraction of sp³-hybridized carbons (Fsp3) is 0.160. The predicted octanol–water partition coefficient (Wildman–Crippen LogP) is 6.55. The molecule has 3 heterocycles.